The number of halogens is 3. The largest absolute Gasteiger partial charge is 0.507 e. The van der Waals surface area contributed by atoms with Gasteiger partial charge in [0, 0.05) is 5.92 Å². The van der Waals surface area contributed by atoms with Crippen molar-refractivity contribution in [3.63, 3.8) is 0 Å². The van der Waals surface area contributed by atoms with Crippen molar-refractivity contribution in [1.29, 1.82) is 0 Å². The highest BCUT2D eigenvalue weighted by atomic mass is 19.4. The fraction of sp³-hybridized carbons (Fsp3) is 0.800. The lowest BCUT2D eigenvalue weighted by Gasteiger charge is -2.08. The molecule has 0 fully saturated rings. The minimum atomic E-state index is -4.52. The summed E-state index contributed by atoms with van der Waals surface area (Å²) in [7, 11) is 0. The van der Waals surface area contributed by atoms with Crippen LogP contribution < -0.4 is 0 Å². The standard InChI is InChI=1S/C5H7F3N4/c1-3(2)4-9-10-11-12(4)5(6,7)8/h3H,1-2H3. The molecule has 0 aromatic carbocycles. The Morgan fingerprint density at radius 2 is 1.92 bits per heavy atom. The van der Waals surface area contributed by atoms with E-state index < -0.39 is 6.30 Å². The van der Waals surface area contributed by atoms with Crippen molar-refractivity contribution < 1.29 is 13.2 Å². The van der Waals surface area contributed by atoms with Gasteiger partial charge in [0.1, 0.15) is 0 Å². The Labute approximate surface area is 66.4 Å². The lowest BCUT2D eigenvalue weighted by atomic mass is 10.2. The summed E-state index contributed by atoms with van der Waals surface area (Å²) in [4.78, 5) is 0. The lowest BCUT2D eigenvalue weighted by Crippen LogP contribution is -2.21. The molecule has 1 aromatic rings. The fourth-order valence-corrected chi connectivity index (χ4v) is 0.735. The minimum absolute atomic E-state index is 0.127. The second kappa shape index (κ2) is 2.72. The fourth-order valence-electron chi connectivity index (χ4n) is 0.735. The third-order valence-corrected chi connectivity index (χ3v) is 1.25. The summed E-state index contributed by atoms with van der Waals surface area (Å²) < 4.78 is 36.1. The van der Waals surface area contributed by atoms with Gasteiger partial charge in [0.2, 0.25) is 0 Å². The Balaban J connectivity index is 3.08. The first-order valence-electron chi connectivity index (χ1n) is 3.28. The molecule has 0 aliphatic heterocycles. The summed E-state index contributed by atoms with van der Waals surface area (Å²) in [5.41, 5.74) is 0. The van der Waals surface area contributed by atoms with Crippen LogP contribution in [0.2, 0.25) is 0 Å². The van der Waals surface area contributed by atoms with Crippen LogP contribution in [0.15, 0.2) is 0 Å². The highest BCUT2D eigenvalue weighted by Gasteiger charge is 2.36. The van der Waals surface area contributed by atoms with Crippen molar-refractivity contribution in [2.75, 3.05) is 0 Å². The molecule has 1 heterocycles. The molecule has 0 spiro atoms. The first-order valence-corrected chi connectivity index (χ1v) is 3.28. The van der Waals surface area contributed by atoms with E-state index in [9.17, 15) is 13.2 Å². The topological polar surface area (TPSA) is 43.6 Å². The maximum atomic E-state index is 12.1. The van der Waals surface area contributed by atoms with Crippen LogP contribution in [0.3, 0.4) is 0 Å². The number of nitrogens with zero attached hydrogens (tertiary/aromatic N) is 4. The number of alkyl halides is 3. The Morgan fingerprint density at radius 3 is 2.25 bits per heavy atom. The Morgan fingerprint density at radius 1 is 1.33 bits per heavy atom. The van der Waals surface area contributed by atoms with Gasteiger partial charge in [0.15, 0.2) is 5.82 Å². The van der Waals surface area contributed by atoms with E-state index in [0.29, 0.717) is 0 Å². The number of aromatic nitrogens is 4. The van der Waals surface area contributed by atoms with Gasteiger partial charge in [0.05, 0.1) is 0 Å². The molecule has 12 heavy (non-hydrogen) atoms. The predicted octanol–water partition coefficient (Wildman–Crippen LogP) is 1.27. The van der Waals surface area contributed by atoms with Crippen molar-refractivity contribution in [2.45, 2.75) is 26.1 Å². The smallest absolute Gasteiger partial charge is 0.149 e. The van der Waals surface area contributed by atoms with Crippen molar-refractivity contribution in [1.82, 2.24) is 20.2 Å². The van der Waals surface area contributed by atoms with Crippen LogP contribution in [-0.2, 0) is 6.30 Å². The molecule has 4 nitrogen and oxygen atoms in total. The van der Waals surface area contributed by atoms with Crippen LogP contribution >= 0.6 is 0 Å². The second-order valence-electron chi connectivity index (χ2n) is 2.57. The molecule has 1 rings (SSSR count). The first-order chi connectivity index (χ1) is 5.43. The van der Waals surface area contributed by atoms with E-state index in [-0.39, 0.29) is 16.4 Å². The molecule has 0 aliphatic carbocycles. The molecular weight excluding hydrogens is 173 g/mol. The second-order valence-corrected chi connectivity index (χ2v) is 2.57. The van der Waals surface area contributed by atoms with Gasteiger partial charge in [-0.2, -0.15) is 0 Å². The third-order valence-electron chi connectivity index (χ3n) is 1.25. The van der Waals surface area contributed by atoms with E-state index in [0.717, 1.165) is 0 Å². The SMILES string of the molecule is CC(C)c1nnnn1C(F)(F)F. The van der Waals surface area contributed by atoms with Crippen LogP contribution in [0.5, 0.6) is 0 Å². The molecule has 1 aromatic heterocycles. The zero-order valence-corrected chi connectivity index (χ0v) is 6.50. The van der Waals surface area contributed by atoms with Crippen molar-refractivity contribution in [2.24, 2.45) is 0 Å². The minimum Gasteiger partial charge on any atom is -0.149 e. The molecule has 0 saturated heterocycles. The van der Waals surface area contributed by atoms with Gasteiger partial charge in [-0.1, -0.05) is 13.8 Å². The highest BCUT2D eigenvalue weighted by Crippen LogP contribution is 2.24. The van der Waals surface area contributed by atoms with Gasteiger partial charge in [-0.05, 0) is 10.4 Å². The van der Waals surface area contributed by atoms with E-state index in [1.165, 1.54) is 0 Å². The predicted molar refractivity (Wildman–Crippen MR) is 33.2 cm³/mol. The third kappa shape index (κ3) is 1.54. The average molecular weight is 180 g/mol. The lowest BCUT2D eigenvalue weighted by molar-refractivity contribution is -0.215. The molecule has 0 radical (unpaired) electrons. The Bertz CT molecular complexity index is 264. The maximum absolute atomic E-state index is 12.1. The summed E-state index contributed by atoms with van der Waals surface area (Å²) in [6.45, 7) is 3.18. The van der Waals surface area contributed by atoms with E-state index in [4.69, 9.17) is 0 Å². The molecule has 0 unspecified atom stereocenters. The summed E-state index contributed by atoms with van der Waals surface area (Å²) in [5, 5.41) is 9.06. The van der Waals surface area contributed by atoms with E-state index in [1.807, 2.05) is 0 Å². The number of hydrogen-bond donors (Lipinski definition) is 0. The average Bonchev–Trinajstić information content (AvgIpc) is 2.30. The molecule has 0 bridgehead atoms. The highest BCUT2D eigenvalue weighted by molar-refractivity contribution is 4.89. The van der Waals surface area contributed by atoms with Crippen molar-refractivity contribution >= 4 is 0 Å². The first kappa shape index (κ1) is 8.95. The molecule has 0 saturated carbocycles. The Kier molecular flexibility index (Phi) is 2.03. The van der Waals surface area contributed by atoms with Crippen LogP contribution in [0.1, 0.15) is 25.6 Å². The molecule has 0 N–H and O–H groups in total. The molecule has 68 valence electrons. The summed E-state index contributed by atoms with van der Waals surface area (Å²) in [6, 6.07) is 0. The van der Waals surface area contributed by atoms with E-state index in [2.05, 4.69) is 15.5 Å². The van der Waals surface area contributed by atoms with Crippen molar-refractivity contribution in [3.05, 3.63) is 5.82 Å². The van der Waals surface area contributed by atoms with Gasteiger partial charge in [0.25, 0.3) is 0 Å². The van der Waals surface area contributed by atoms with Gasteiger partial charge >= 0.3 is 6.30 Å². The summed E-state index contributed by atoms with van der Waals surface area (Å²) >= 11 is 0. The zero-order valence-electron chi connectivity index (χ0n) is 6.50. The van der Waals surface area contributed by atoms with Gasteiger partial charge < -0.3 is 0 Å². The Hall–Kier alpha value is -1.14. The van der Waals surface area contributed by atoms with Gasteiger partial charge in [-0.3, -0.25) is 0 Å². The van der Waals surface area contributed by atoms with Gasteiger partial charge in [-0.25, -0.2) is 0 Å². The normalized spacial score (nSPS) is 12.5. The molecule has 7 heteroatoms. The molecule has 0 aliphatic rings. The van der Waals surface area contributed by atoms with Crippen molar-refractivity contribution in [3.8, 4) is 0 Å². The zero-order chi connectivity index (χ0) is 9.35. The number of hydrogen-bond acceptors (Lipinski definition) is 3. The van der Waals surface area contributed by atoms with Crippen LogP contribution in [0, 0.1) is 0 Å². The quantitative estimate of drug-likeness (QED) is 0.653. The van der Waals surface area contributed by atoms with E-state index >= 15 is 0 Å². The molecule has 0 amide bonds. The van der Waals surface area contributed by atoms with Crippen LogP contribution in [-0.4, -0.2) is 20.2 Å². The van der Waals surface area contributed by atoms with E-state index in [1.54, 1.807) is 13.8 Å². The number of rotatable bonds is 1. The maximum Gasteiger partial charge on any atom is 0.507 e. The summed E-state index contributed by atoms with van der Waals surface area (Å²) in [5.74, 6) is -0.524. The summed E-state index contributed by atoms with van der Waals surface area (Å²) in [6.07, 6.45) is -4.52. The monoisotopic (exact) mass is 180 g/mol. The van der Waals surface area contributed by atoms with Crippen LogP contribution in [0.25, 0.3) is 0 Å². The van der Waals surface area contributed by atoms with Crippen LogP contribution in [0.4, 0.5) is 13.2 Å². The van der Waals surface area contributed by atoms with Gasteiger partial charge in [-0.15, -0.1) is 23.0 Å². The molecular formula is C5H7F3N4. The molecule has 0 atom stereocenters. The number of tetrazole rings is 1.